The molecule has 1 aromatic heterocycles. The second kappa shape index (κ2) is 4.35. The Morgan fingerprint density at radius 2 is 2.37 bits per heavy atom. The molecule has 1 fully saturated rings. The van der Waals surface area contributed by atoms with Gasteiger partial charge in [-0.15, -0.1) is 0 Å². The van der Waals surface area contributed by atoms with Crippen molar-refractivity contribution in [1.82, 2.24) is 9.97 Å². The number of hydrogen-bond acceptors (Lipinski definition) is 7. The van der Waals surface area contributed by atoms with E-state index in [0.717, 1.165) is 0 Å². The first kappa shape index (κ1) is 11.7. The van der Waals surface area contributed by atoms with Crippen molar-refractivity contribution in [1.29, 1.82) is 0 Å². The molecule has 0 bridgehead atoms. The van der Waals surface area contributed by atoms with Crippen LogP contribution in [-0.4, -0.2) is 47.8 Å². The van der Waals surface area contributed by atoms with E-state index in [1.165, 1.54) is 11.1 Å². The molecule has 19 heavy (non-hydrogen) atoms. The standard InChI is InChI=1S/C10H11N5O4/c11-1-5-3-15(10(17)19-5)9-12-2-6-8(14-9)13-7(16)4-18-6/h2,5H,1,3-4,11H2,(H,12,13,14,16)/t5-/m0/s1. The number of amides is 2. The van der Waals surface area contributed by atoms with Crippen LogP contribution < -0.4 is 20.7 Å². The summed E-state index contributed by atoms with van der Waals surface area (Å²) in [6.45, 7) is 0.437. The quantitative estimate of drug-likeness (QED) is 0.710. The van der Waals surface area contributed by atoms with Crippen molar-refractivity contribution in [3.05, 3.63) is 6.20 Å². The topological polar surface area (TPSA) is 120 Å². The maximum absolute atomic E-state index is 11.6. The molecule has 1 aromatic rings. The van der Waals surface area contributed by atoms with E-state index in [2.05, 4.69) is 15.3 Å². The lowest BCUT2D eigenvalue weighted by Gasteiger charge is -2.18. The SMILES string of the molecule is NC[C@H]1CN(c2ncc3c(n2)NC(=O)CO3)C(=O)O1. The molecule has 2 aliphatic rings. The van der Waals surface area contributed by atoms with E-state index in [9.17, 15) is 9.59 Å². The minimum atomic E-state index is -0.557. The van der Waals surface area contributed by atoms with Gasteiger partial charge in [-0.3, -0.25) is 4.79 Å². The van der Waals surface area contributed by atoms with Crippen LogP contribution in [-0.2, 0) is 9.53 Å². The summed E-state index contributed by atoms with van der Waals surface area (Å²) < 4.78 is 10.1. The van der Waals surface area contributed by atoms with Crippen LogP contribution in [0.3, 0.4) is 0 Å². The molecule has 9 nitrogen and oxygen atoms in total. The van der Waals surface area contributed by atoms with Gasteiger partial charge >= 0.3 is 6.09 Å². The van der Waals surface area contributed by atoms with Gasteiger partial charge in [0.25, 0.3) is 5.91 Å². The minimum Gasteiger partial charge on any atom is -0.478 e. The lowest BCUT2D eigenvalue weighted by molar-refractivity contribution is -0.118. The Morgan fingerprint density at radius 3 is 3.11 bits per heavy atom. The van der Waals surface area contributed by atoms with Crippen LogP contribution in [0.2, 0.25) is 0 Å². The number of nitrogens with two attached hydrogens (primary N) is 1. The molecule has 0 radical (unpaired) electrons. The number of nitrogens with zero attached hydrogens (tertiary/aromatic N) is 3. The van der Waals surface area contributed by atoms with Gasteiger partial charge in [-0.1, -0.05) is 0 Å². The minimum absolute atomic E-state index is 0.0727. The molecule has 3 rings (SSSR count). The summed E-state index contributed by atoms with van der Waals surface area (Å²) >= 11 is 0. The first-order chi connectivity index (χ1) is 9.17. The summed E-state index contributed by atoms with van der Waals surface area (Å²) in [6, 6.07) is 0. The Labute approximate surface area is 107 Å². The van der Waals surface area contributed by atoms with E-state index in [-0.39, 0.29) is 43.5 Å². The van der Waals surface area contributed by atoms with E-state index in [1.807, 2.05) is 0 Å². The molecule has 0 aromatic carbocycles. The van der Waals surface area contributed by atoms with Gasteiger partial charge in [-0.2, -0.15) is 4.98 Å². The molecule has 0 spiro atoms. The Kier molecular flexibility index (Phi) is 2.67. The zero-order valence-electron chi connectivity index (χ0n) is 9.83. The number of fused-ring (bicyclic) bond motifs is 1. The van der Waals surface area contributed by atoms with E-state index in [1.54, 1.807) is 0 Å². The van der Waals surface area contributed by atoms with Crippen molar-refractivity contribution >= 4 is 23.8 Å². The number of aromatic nitrogens is 2. The fourth-order valence-electron chi connectivity index (χ4n) is 1.81. The highest BCUT2D eigenvalue weighted by atomic mass is 16.6. The highest BCUT2D eigenvalue weighted by Gasteiger charge is 2.34. The number of cyclic esters (lactones) is 1. The fourth-order valence-corrected chi connectivity index (χ4v) is 1.81. The van der Waals surface area contributed by atoms with Gasteiger partial charge in [-0.25, -0.2) is 14.7 Å². The third kappa shape index (κ3) is 2.03. The maximum Gasteiger partial charge on any atom is 0.417 e. The van der Waals surface area contributed by atoms with Crippen LogP contribution in [0.15, 0.2) is 6.20 Å². The average molecular weight is 265 g/mol. The lowest BCUT2D eigenvalue weighted by atomic mass is 10.3. The van der Waals surface area contributed by atoms with Crippen LogP contribution in [0, 0.1) is 0 Å². The predicted molar refractivity (Wildman–Crippen MR) is 62.8 cm³/mol. The summed E-state index contributed by atoms with van der Waals surface area (Å²) in [5.74, 6) is 0.447. The zero-order chi connectivity index (χ0) is 13.4. The Hall–Kier alpha value is -2.42. The molecule has 2 aliphatic heterocycles. The number of anilines is 2. The van der Waals surface area contributed by atoms with Crippen molar-refractivity contribution in [2.45, 2.75) is 6.10 Å². The van der Waals surface area contributed by atoms with Crippen molar-refractivity contribution in [2.75, 3.05) is 29.9 Å². The van der Waals surface area contributed by atoms with Crippen molar-refractivity contribution in [3.63, 3.8) is 0 Å². The van der Waals surface area contributed by atoms with Gasteiger partial charge in [0.15, 0.2) is 18.2 Å². The maximum atomic E-state index is 11.6. The van der Waals surface area contributed by atoms with Gasteiger partial charge in [0.05, 0.1) is 12.7 Å². The summed E-state index contributed by atoms with van der Waals surface area (Å²) in [5, 5.41) is 2.55. The average Bonchev–Trinajstić information content (AvgIpc) is 2.79. The molecule has 0 saturated carbocycles. The van der Waals surface area contributed by atoms with Crippen LogP contribution in [0.1, 0.15) is 0 Å². The van der Waals surface area contributed by atoms with Gasteiger partial charge < -0.3 is 20.5 Å². The highest BCUT2D eigenvalue weighted by Crippen LogP contribution is 2.27. The summed E-state index contributed by atoms with van der Waals surface area (Å²) in [6.07, 6.45) is 0.469. The summed E-state index contributed by atoms with van der Waals surface area (Å²) in [4.78, 5) is 32.2. The van der Waals surface area contributed by atoms with Crippen molar-refractivity contribution in [3.8, 4) is 5.75 Å². The van der Waals surface area contributed by atoms with Gasteiger partial charge in [0.1, 0.15) is 6.10 Å². The molecule has 0 unspecified atom stereocenters. The second-order valence-corrected chi connectivity index (χ2v) is 4.07. The third-order valence-corrected chi connectivity index (χ3v) is 2.74. The number of ether oxygens (including phenoxy) is 2. The monoisotopic (exact) mass is 265 g/mol. The van der Waals surface area contributed by atoms with Crippen LogP contribution in [0.5, 0.6) is 5.75 Å². The van der Waals surface area contributed by atoms with E-state index < -0.39 is 6.09 Å². The number of carbonyl (C=O) groups is 2. The van der Waals surface area contributed by atoms with E-state index >= 15 is 0 Å². The predicted octanol–water partition coefficient (Wildman–Crippen LogP) is -0.909. The smallest absolute Gasteiger partial charge is 0.417 e. The molecule has 1 atom stereocenters. The molecule has 0 aliphatic carbocycles. The normalized spacial score (nSPS) is 21.5. The Bertz CT molecular complexity index is 549. The number of nitrogens with one attached hydrogen (secondary N) is 1. The number of hydrogen-bond donors (Lipinski definition) is 2. The van der Waals surface area contributed by atoms with Gasteiger partial charge in [-0.05, 0) is 0 Å². The summed E-state index contributed by atoms with van der Waals surface area (Å²) in [5.41, 5.74) is 5.44. The molecule has 1 saturated heterocycles. The largest absolute Gasteiger partial charge is 0.478 e. The van der Waals surface area contributed by atoms with Crippen LogP contribution >= 0.6 is 0 Å². The molecule has 100 valence electrons. The zero-order valence-corrected chi connectivity index (χ0v) is 9.83. The Balaban J connectivity index is 1.88. The number of carbonyl (C=O) groups excluding carboxylic acids is 2. The second-order valence-electron chi connectivity index (χ2n) is 4.07. The third-order valence-electron chi connectivity index (χ3n) is 2.74. The van der Waals surface area contributed by atoms with Gasteiger partial charge in [0, 0.05) is 6.54 Å². The molecule has 3 heterocycles. The summed E-state index contributed by atoms with van der Waals surface area (Å²) in [7, 11) is 0. The van der Waals surface area contributed by atoms with Gasteiger partial charge in [0.2, 0.25) is 5.95 Å². The molecule has 2 amide bonds. The van der Waals surface area contributed by atoms with Crippen molar-refractivity contribution < 1.29 is 19.1 Å². The van der Waals surface area contributed by atoms with Crippen LogP contribution in [0.4, 0.5) is 16.6 Å². The van der Waals surface area contributed by atoms with Crippen molar-refractivity contribution in [2.24, 2.45) is 5.73 Å². The van der Waals surface area contributed by atoms with Crippen LogP contribution in [0.25, 0.3) is 0 Å². The first-order valence-electron chi connectivity index (χ1n) is 5.65. The molecule has 9 heteroatoms. The highest BCUT2D eigenvalue weighted by molar-refractivity contribution is 5.94. The number of rotatable bonds is 2. The first-order valence-corrected chi connectivity index (χ1v) is 5.65. The Morgan fingerprint density at radius 1 is 1.53 bits per heavy atom. The van der Waals surface area contributed by atoms with E-state index in [0.29, 0.717) is 5.75 Å². The lowest BCUT2D eigenvalue weighted by Crippen LogP contribution is -2.30. The van der Waals surface area contributed by atoms with E-state index in [4.69, 9.17) is 15.2 Å². The molecular weight excluding hydrogens is 254 g/mol. The molecular formula is C10H11N5O4. The fraction of sp³-hybridized carbons (Fsp3) is 0.400. The molecule has 3 N–H and O–H groups in total.